The van der Waals surface area contributed by atoms with Gasteiger partial charge in [-0.25, -0.2) is 0 Å². The van der Waals surface area contributed by atoms with Crippen molar-refractivity contribution in [2.45, 2.75) is 45.8 Å². The molecule has 0 unspecified atom stereocenters. The molecule has 2 heteroatoms. The quantitative estimate of drug-likeness (QED) is 0.653. The zero-order valence-corrected chi connectivity index (χ0v) is 9.29. The number of hydrogen-bond acceptors (Lipinski definition) is 2. The number of rotatable bonds is 1. The van der Waals surface area contributed by atoms with Gasteiger partial charge in [-0.15, -0.1) is 0 Å². The monoisotopic (exact) mass is 196 g/mol. The molecule has 0 radical (unpaired) electrons. The lowest BCUT2D eigenvalue weighted by Gasteiger charge is -2.27. The molecule has 80 valence electrons. The van der Waals surface area contributed by atoms with Crippen molar-refractivity contribution in [3.8, 4) is 0 Å². The molecule has 1 saturated heterocycles. The van der Waals surface area contributed by atoms with Crippen molar-refractivity contribution in [2.24, 2.45) is 5.41 Å². The highest BCUT2D eigenvalue weighted by Gasteiger charge is 2.22. The van der Waals surface area contributed by atoms with Crippen molar-refractivity contribution in [3.05, 3.63) is 24.5 Å². The van der Waals surface area contributed by atoms with Gasteiger partial charge in [0.25, 0.3) is 0 Å². The summed E-state index contributed by atoms with van der Waals surface area (Å²) in [6.07, 6.45) is 5.07. The van der Waals surface area contributed by atoms with Crippen LogP contribution in [-0.2, 0) is 4.74 Å². The van der Waals surface area contributed by atoms with Gasteiger partial charge < -0.3 is 9.84 Å². The van der Waals surface area contributed by atoms with Crippen molar-refractivity contribution in [3.63, 3.8) is 0 Å². The van der Waals surface area contributed by atoms with Crippen LogP contribution in [0.5, 0.6) is 0 Å². The van der Waals surface area contributed by atoms with E-state index in [-0.39, 0.29) is 17.6 Å². The Morgan fingerprint density at radius 1 is 1.50 bits per heavy atom. The Labute approximate surface area is 86.3 Å². The zero-order valence-electron chi connectivity index (χ0n) is 9.29. The minimum atomic E-state index is -0.300. The van der Waals surface area contributed by atoms with Crippen molar-refractivity contribution in [2.75, 3.05) is 0 Å². The highest BCUT2D eigenvalue weighted by atomic mass is 16.5. The van der Waals surface area contributed by atoms with Gasteiger partial charge in [0.15, 0.2) is 0 Å². The molecule has 0 aromatic carbocycles. The Hall–Kier alpha value is -0.760. The molecule has 0 amide bonds. The molecule has 1 heterocycles. The largest absolute Gasteiger partial charge is 0.491 e. The first-order valence-corrected chi connectivity index (χ1v) is 5.09. The van der Waals surface area contributed by atoms with Crippen LogP contribution < -0.4 is 0 Å². The molecule has 1 rings (SSSR count). The maximum Gasteiger partial charge on any atom is 0.119 e. The van der Waals surface area contributed by atoms with Gasteiger partial charge in [-0.2, -0.15) is 0 Å². The molecule has 0 saturated carbocycles. The minimum absolute atomic E-state index is 0.00882. The lowest BCUT2D eigenvalue weighted by Crippen LogP contribution is -2.26. The highest BCUT2D eigenvalue weighted by Crippen LogP contribution is 2.24. The van der Waals surface area contributed by atoms with E-state index in [9.17, 15) is 5.11 Å². The van der Waals surface area contributed by atoms with Gasteiger partial charge >= 0.3 is 0 Å². The molecule has 2 atom stereocenters. The third-order valence-corrected chi connectivity index (χ3v) is 2.10. The average molecular weight is 196 g/mol. The van der Waals surface area contributed by atoms with E-state index in [1.54, 1.807) is 0 Å². The van der Waals surface area contributed by atoms with Crippen LogP contribution in [0, 0.1) is 5.41 Å². The second-order valence-electron chi connectivity index (χ2n) is 5.01. The van der Waals surface area contributed by atoms with Crippen LogP contribution in [0.15, 0.2) is 24.5 Å². The first kappa shape index (κ1) is 11.3. The van der Waals surface area contributed by atoms with E-state index in [4.69, 9.17) is 4.74 Å². The van der Waals surface area contributed by atoms with Crippen molar-refractivity contribution < 1.29 is 9.84 Å². The Morgan fingerprint density at radius 2 is 2.14 bits per heavy atom. The summed E-state index contributed by atoms with van der Waals surface area (Å²) >= 11 is 0. The summed E-state index contributed by atoms with van der Waals surface area (Å²) in [6, 6.07) is 0. The molecule has 0 spiro atoms. The predicted octanol–water partition coefficient (Wildman–Crippen LogP) is 2.64. The lowest BCUT2D eigenvalue weighted by atomic mass is 9.94. The summed E-state index contributed by atoms with van der Waals surface area (Å²) < 4.78 is 5.51. The third kappa shape index (κ3) is 3.97. The number of ether oxygens (including phenoxy) is 1. The summed E-state index contributed by atoms with van der Waals surface area (Å²) in [6.45, 7) is 10.2. The summed E-state index contributed by atoms with van der Waals surface area (Å²) in [5.41, 5.74) is 0.160. The van der Waals surface area contributed by atoms with Gasteiger partial charge in [0.2, 0.25) is 0 Å². The third-order valence-electron chi connectivity index (χ3n) is 2.10. The fraction of sp³-hybridized carbons (Fsp3) is 0.667. The molecule has 1 aliphatic rings. The molecule has 2 nitrogen and oxygen atoms in total. The Kier molecular flexibility index (Phi) is 3.38. The zero-order chi connectivity index (χ0) is 10.8. The Bertz CT molecular complexity index is 235. The van der Waals surface area contributed by atoms with Crippen LogP contribution in [-0.4, -0.2) is 17.3 Å². The molecule has 0 bridgehead atoms. The van der Waals surface area contributed by atoms with Gasteiger partial charge in [0, 0.05) is 12.8 Å². The van der Waals surface area contributed by atoms with E-state index >= 15 is 0 Å². The number of aliphatic hydroxyl groups is 1. The van der Waals surface area contributed by atoms with Crippen LogP contribution in [0.25, 0.3) is 0 Å². The average Bonchev–Trinajstić information content (AvgIpc) is 1.97. The Morgan fingerprint density at radius 3 is 2.64 bits per heavy atom. The SMILES string of the molecule is C=C1C[C@H](O)C[C@@H](/C=C/C(C)(C)C)O1. The van der Waals surface area contributed by atoms with Gasteiger partial charge in [-0.05, 0) is 11.5 Å². The topological polar surface area (TPSA) is 29.5 Å². The van der Waals surface area contributed by atoms with E-state index in [0.29, 0.717) is 18.6 Å². The smallest absolute Gasteiger partial charge is 0.119 e. The van der Waals surface area contributed by atoms with Gasteiger partial charge in [0.05, 0.1) is 11.9 Å². The van der Waals surface area contributed by atoms with Crippen molar-refractivity contribution in [1.82, 2.24) is 0 Å². The summed E-state index contributed by atoms with van der Waals surface area (Å²) in [7, 11) is 0. The van der Waals surface area contributed by atoms with Gasteiger partial charge in [-0.3, -0.25) is 0 Å². The summed E-state index contributed by atoms with van der Waals surface area (Å²) in [5.74, 6) is 0.687. The fourth-order valence-electron chi connectivity index (χ4n) is 1.44. The highest BCUT2D eigenvalue weighted by molar-refractivity contribution is 5.03. The molecule has 14 heavy (non-hydrogen) atoms. The van der Waals surface area contributed by atoms with Gasteiger partial charge in [0.1, 0.15) is 6.10 Å². The van der Waals surface area contributed by atoms with E-state index in [2.05, 4.69) is 33.4 Å². The first-order valence-electron chi connectivity index (χ1n) is 5.09. The number of aliphatic hydroxyl groups excluding tert-OH is 1. The number of allylic oxidation sites excluding steroid dienone is 1. The number of hydrogen-bond donors (Lipinski definition) is 1. The maximum atomic E-state index is 9.50. The fourth-order valence-corrected chi connectivity index (χ4v) is 1.44. The molecular formula is C12H20O2. The van der Waals surface area contributed by atoms with Crippen LogP contribution >= 0.6 is 0 Å². The van der Waals surface area contributed by atoms with E-state index in [0.717, 1.165) is 0 Å². The Balaban J connectivity index is 2.53. The molecule has 1 aliphatic heterocycles. The predicted molar refractivity (Wildman–Crippen MR) is 57.8 cm³/mol. The lowest BCUT2D eigenvalue weighted by molar-refractivity contribution is 0.0246. The summed E-state index contributed by atoms with van der Waals surface area (Å²) in [5, 5.41) is 9.50. The maximum absolute atomic E-state index is 9.50. The molecule has 0 aliphatic carbocycles. The van der Waals surface area contributed by atoms with Gasteiger partial charge in [-0.1, -0.05) is 33.4 Å². The van der Waals surface area contributed by atoms with Crippen LogP contribution in [0.4, 0.5) is 0 Å². The van der Waals surface area contributed by atoms with E-state index < -0.39 is 0 Å². The normalized spacial score (nSPS) is 29.3. The second-order valence-corrected chi connectivity index (χ2v) is 5.01. The first-order chi connectivity index (χ1) is 6.37. The molecule has 0 aromatic heterocycles. The molecule has 1 N–H and O–H groups in total. The van der Waals surface area contributed by atoms with Crippen molar-refractivity contribution in [1.29, 1.82) is 0 Å². The van der Waals surface area contributed by atoms with E-state index in [1.165, 1.54) is 0 Å². The van der Waals surface area contributed by atoms with Crippen LogP contribution in [0.1, 0.15) is 33.6 Å². The van der Waals surface area contributed by atoms with Crippen LogP contribution in [0.3, 0.4) is 0 Å². The van der Waals surface area contributed by atoms with Crippen LogP contribution in [0.2, 0.25) is 0 Å². The molecular weight excluding hydrogens is 176 g/mol. The van der Waals surface area contributed by atoms with Crippen molar-refractivity contribution >= 4 is 0 Å². The summed E-state index contributed by atoms with van der Waals surface area (Å²) in [4.78, 5) is 0. The standard InChI is InChI=1S/C12H20O2/c1-9-7-10(13)8-11(14-9)5-6-12(2,3)4/h5-6,10-11,13H,1,7-8H2,2-4H3/b6-5+/t10-,11+/m0/s1. The minimum Gasteiger partial charge on any atom is -0.491 e. The van der Waals surface area contributed by atoms with E-state index in [1.807, 2.05) is 6.08 Å². The molecule has 0 aromatic rings. The second kappa shape index (κ2) is 4.18. The molecule has 1 fully saturated rings.